The molecule has 0 heterocycles. The summed E-state index contributed by atoms with van der Waals surface area (Å²) in [5.41, 5.74) is 2.35. The van der Waals surface area contributed by atoms with Crippen molar-refractivity contribution in [2.24, 2.45) is 11.8 Å². The molecule has 1 saturated carbocycles. The number of nitrogens with one attached hydrogen (secondary N) is 2. The van der Waals surface area contributed by atoms with E-state index in [4.69, 9.17) is 0 Å². The maximum atomic E-state index is 12.3. The molecule has 0 aromatic heterocycles. The molecule has 3 unspecified atom stereocenters. The molecule has 4 nitrogen and oxygen atoms in total. The summed E-state index contributed by atoms with van der Waals surface area (Å²) in [5, 5.41) is 5.98. The van der Waals surface area contributed by atoms with Crippen LogP contribution in [0.15, 0.2) is 60.7 Å². The first-order valence-corrected chi connectivity index (χ1v) is 9.32. The second kappa shape index (κ2) is 8.65. The summed E-state index contributed by atoms with van der Waals surface area (Å²) in [6, 6.07) is 20.1. The van der Waals surface area contributed by atoms with Crippen LogP contribution in [0.5, 0.6) is 0 Å². The predicted octanol–water partition coefficient (Wildman–Crippen LogP) is 3.25. The molecule has 1 aliphatic rings. The fourth-order valence-corrected chi connectivity index (χ4v) is 3.20. The summed E-state index contributed by atoms with van der Waals surface area (Å²) in [7, 11) is 0. The Kier molecular flexibility index (Phi) is 6.05. The van der Waals surface area contributed by atoms with Crippen molar-refractivity contribution in [3.05, 3.63) is 71.8 Å². The highest BCUT2D eigenvalue weighted by molar-refractivity contribution is 5.92. The Morgan fingerprint density at radius 1 is 0.962 bits per heavy atom. The van der Waals surface area contributed by atoms with Gasteiger partial charge in [-0.1, -0.05) is 60.7 Å². The molecule has 2 aromatic carbocycles. The predicted molar refractivity (Wildman–Crippen MR) is 102 cm³/mol. The van der Waals surface area contributed by atoms with Gasteiger partial charge in [-0.25, -0.2) is 0 Å². The van der Waals surface area contributed by atoms with Crippen LogP contribution in [0.4, 0.5) is 0 Å². The van der Waals surface area contributed by atoms with Crippen molar-refractivity contribution < 1.29 is 9.59 Å². The van der Waals surface area contributed by atoms with E-state index in [0.717, 1.165) is 18.4 Å². The number of benzene rings is 2. The molecule has 4 heteroatoms. The van der Waals surface area contributed by atoms with E-state index < -0.39 is 0 Å². The standard InChI is InChI=1S/C22H26N2O2/c1-16(18-12-6-3-7-13-18)24-22(26)20-15-19(20)21(25)23-14-8-11-17-9-4-2-5-10-17/h2-7,9-10,12-13,16,19-20H,8,11,14-15H2,1H3,(H,23,25)(H,24,26). The van der Waals surface area contributed by atoms with E-state index in [2.05, 4.69) is 22.8 Å². The molecule has 2 amide bonds. The highest BCUT2D eigenvalue weighted by atomic mass is 16.2. The van der Waals surface area contributed by atoms with Crippen molar-refractivity contribution in [2.45, 2.75) is 32.2 Å². The van der Waals surface area contributed by atoms with Gasteiger partial charge in [0.05, 0.1) is 17.9 Å². The molecule has 0 bridgehead atoms. The average molecular weight is 350 g/mol. The van der Waals surface area contributed by atoms with Gasteiger partial charge in [-0.05, 0) is 37.3 Å². The molecule has 3 rings (SSSR count). The van der Waals surface area contributed by atoms with Crippen molar-refractivity contribution in [3.8, 4) is 0 Å². The van der Waals surface area contributed by atoms with Crippen LogP contribution in [0.3, 0.4) is 0 Å². The third-order valence-electron chi connectivity index (χ3n) is 4.91. The van der Waals surface area contributed by atoms with Gasteiger partial charge in [0.15, 0.2) is 0 Å². The molecule has 1 fully saturated rings. The molecule has 0 radical (unpaired) electrons. The molecule has 2 aromatic rings. The highest BCUT2D eigenvalue weighted by Gasteiger charge is 2.48. The summed E-state index contributed by atoms with van der Waals surface area (Å²) in [6.45, 7) is 2.62. The van der Waals surface area contributed by atoms with Gasteiger partial charge in [0.25, 0.3) is 0 Å². The normalized spacial score (nSPS) is 19.4. The van der Waals surface area contributed by atoms with E-state index >= 15 is 0 Å². The van der Waals surface area contributed by atoms with E-state index in [1.165, 1.54) is 5.56 Å². The van der Waals surface area contributed by atoms with Crippen LogP contribution < -0.4 is 10.6 Å². The Bertz CT molecular complexity index is 730. The quantitative estimate of drug-likeness (QED) is 0.718. The Balaban J connectivity index is 1.36. The van der Waals surface area contributed by atoms with E-state index in [1.807, 2.05) is 55.5 Å². The van der Waals surface area contributed by atoms with E-state index in [9.17, 15) is 9.59 Å². The van der Waals surface area contributed by atoms with Crippen LogP contribution in [0.2, 0.25) is 0 Å². The van der Waals surface area contributed by atoms with E-state index in [0.29, 0.717) is 13.0 Å². The number of hydrogen-bond acceptors (Lipinski definition) is 2. The topological polar surface area (TPSA) is 58.2 Å². The lowest BCUT2D eigenvalue weighted by molar-refractivity contribution is -0.127. The van der Waals surface area contributed by atoms with Crippen LogP contribution in [0, 0.1) is 11.8 Å². The first-order chi connectivity index (χ1) is 12.6. The number of carbonyl (C=O) groups is 2. The zero-order valence-electron chi connectivity index (χ0n) is 15.2. The fourth-order valence-electron chi connectivity index (χ4n) is 3.20. The van der Waals surface area contributed by atoms with Crippen LogP contribution >= 0.6 is 0 Å². The van der Waals surface area contributed by atoms with Gasteiger partial charge in [-0.15, -0.1) is 0 Å². The minimum Gasteiger partial charge on any atom is -0.356 e. The maximum absolute atomic E-state index is 12.3. The number of amides is 2. The van der Waals surface area contributed by atoms with Crippen molar-refractivity contribution >= 4 is 11.8 Å². The Morgan fingerprint density at radius 2 is 1.58 bits per heavy atom. The fraction of sp³-hybridized carbons (Fsp3) is 0.364. The summed E-state index contributed by atoms with van der Waals surface area (Å²) >= 11 is 0. The van der Waals surface area contributed by atoms with Crippen molar-refractivity contribution in [2.75, 3.05) is 6.54 Å². The Hall–Kier alpha value is -2.62. The van der Waals surface area contributed by atoms with E-state index in [-0.39, 0.29) is 29.7 Å². The Labute approximate surface area is 155 Å². The largest absolute Gasteiger partial charge is 0.356 e. The van der Waals surface area contributed by atoms with Crippen LogP contribution in [0.1, 0.15) is 36.9 Å². The number of aryl methyl sites for hydroxylation is 1. The third-order valence-corrected chi connectivity index (χ3v) is 4.91. The Morgan fingerprint density at radius 3 is 2.27 bits per heavy atom. The lowest BCUT2D eigenvalue weighted by Gasteiger charge is -2.14. The zero-order valence-corrected chi connectivity index (χ0v) is 15.2. The summed E-state index contributed by atoms with van der Waals surface area (Å²) < 4.78 is 0. The molecule has 26 heavy (non-hydrogen) atoms. The molecule has 0 saturated heterocycles. The van der Waals surface area contributed by atoms with Crippen LogP contribution in [-0.2, 0) is 16.0 Å². The number of carbonyl (C=O) groups excluding carboxylic acids is 2. The SMILES string of the molecule is CC(NC(=O)C1CC1C(=O)NCCCc1ccccc1)c1ccccc1. The first kappa shape index (κ1) is 18.2. The molecule has 0 spiro atoms. The number of hydrogen-bond donors (Lipinski definition) is 2. The molecule has 3 atom stereocenters. The van der Waals surface area contributed by atoms with Gasteiger partial charge in [0, 0.05) is 6.54 Å². The molecule has 0 aliphatic heterocycles. The smallest absolute Gasteiger partial charge is 0.224 e. The van der Waals surface area contributed by atoms with Crippen molar-refractivity contribution in [1.82, 2.24) is 10.6 Å². The van der Waals surface area contributed by atoms with Crippen molar-refractivity contribution in [1.29, 1.82) is 0 Å². The number of rotatable bonds is 8. The second-order valence-electron chi connectivity index (χ2n) is 6.97. The average Bonchev–Trinajstić information content (AvgIpc) is 3.48. The monoisotopic (exact) mass is 350 g/mol. The summed E-state index contributed by atoms with van der Waals surface area (Å²) in [6.07, 6.45) is 2.51. The third kappa shape index (κ3) is 4.94. The highest BCUT2D eigenvalue weighted by Crippen LogP contribution is 2.39. The minimum atomic E-state index is -0.185. The van der Waals surface area contributed by atoms with Crippen molar-refractivity contribution in [3.63, 3.8) is 0 Å². The molecular formula is C22H26N2O2. The lowest BCUT2D eigenvalue weighted by atomic mass is 10.1. The molecular weight excluding hydrogens is 324 g/mol. The van der Waals surface area contributed by atoms with Gasteiger partial charge in [-0.2, -0.15) is 0 Å². The van der Waals surface area contributed by atoms with Crippen LogP contribution in [0.25, 0.3) is 0 Å². The molecule has 136 valence electrons. The zero-order chi connectivity index (χ0) is 18.4. The molecule has 1 aliphatic carbocycles. The van der Waals surface area contributed by atoms with Gasteiger partial charge < -0.3 is 10.6 Å². The summed E-state index contributed by atoms with van der Waals surface area (Å²) in [5.74, 6) is -0.374. The second-order valence-corrected chi connectivity index (χ2v) is 6.97. The van der Waals surface area contributed by atoms with Gasteiger partial charge in [0.2, 0.25) is 11.8 Å². The van der Waals surface area contributed by atoms with Crippen LogP contribution in [-0.4, -0.2) is 18.4 Å². The lowest BCUT2D eigenvalue weighted by Crippen LogP contribution is -2.32. The van der Waals surface area contributed by atoms with E-state index in [1.54, 1.807) is 0 Å². The minimum absolute atomic E-state index is 0.00516. The maximum Gasteiger partial charge on any atom is 0.224 e. The van der Waals surface area contributed by atoms with Gasteiger partial charge in [0.1, 0.15) is 0 Å². The summed E-state index contributed by atoms with van der Waals surface area (Å²) in [4.78, 5) is 24.5. The molecule has 2 N–H and O–H groups in total. The van der Waals surface area contributed by atoms with Gasteiger partial charge >= 0.3 is 0 Å². The first-order valence-electron chi connectivity index (χ1n) is 9.32. The van der Waals surface area contributed by atoms with Gasteiger partial charge in [-0.3, -0.25) is 9.59 Å².